The van der Waals surface area contributed by atoms with Gasteiger partial charge in [0.15, 0.2) is 0 Å². The molecule has 1 nitrogen and oxygen atoms in total. The monoisotopic (exact) mass is 534 g/mol. The van der Waals surface area contributed by atoms with Gasteiger partial charge in [-0.15, -0.1) is 5.69 Å². The van der Waals surface area contributed by atoms with Gasteiger partial charge >= 0.3 is 35.6 Å². The van der Waals surface area contributed by atoms with Crippen LogP contribution in [0.5, 0.6) is 0 Å². The number of fused-ring (bicyclic) bond motifs is 3. The van der Waals surface area contributed by atoms with Crippen molar-refractivity contribution in [1.82, 2.24) is 0 Å². The van der Waals surface area contributed by atoms with E-state index < -0.39 is 17.0 Å². The summed E-state index contributed by atoms with van der Waals surface area (Å²) in [6.45, 7) is 11.0. The maximum atomic E-state index is 5.32. The van der Waals surface area contributed by atoms with Crippen LogP contribution >= 0.6 is 18.6 Å². The molecular weight excluding hydrogens is 505 g/mol. The predicted octanol–water partition coefficient (Wildman–Crippen LogP) is 10.2. The molecule has 35 heavy (non-hydrogen) atoms. The molecule has 1 aliphatic carbocycles. The fourth-order valence-electron chi connectivity index (χ4n) is 5.35. The standard InChI is InChI=1S/C31H30N.2ClH.Ti/c1-20-17-21(2)30(22(3)18-20)32-31(4,5)29-16-9-8-13-27(29)26-15-10-14-25-24-12-7-6-11-23(24)19-28(25)26;;;/h6-18H,19H2,1-5H3;2*1H;/q-1;;;+2/p-2. The third-order valence-corrected chi connectivity index (χ3v) is 6.75. The van der Waals surface area contributed by atoms with E-state index in [1.165, 1.54) is 55.6 Å². The molecule has 0 spiro atoms. The van der Waals surface area contributed by atoms with Crippen LogP contribution in [-0.4, -0.2) is 0 Å². The topological polar surface area (TPSA) is 14.1 Å². The Kier molecular flexibility index (Phi) is 8.14. The Balaban J connectivity index is 0.000000917. The summed E-state index contributed by atoms with van der Waals surface area (Å²) in [6.07, 6.45) is 0.990. The molecule has 5 rings (SSSR count). The quantitative estimate of drug-likeness (QED) is 0.203. The van der Waals surface area contributed by atoms with E-state index in [0.717, 1.165) is 12.1 Å². The van der Waals surface area contributed by atoms with Gasteiger partial charge in [0, 0.05) is 0 Å². The van der Waals surface area contributed by atoms with Crippen molar-refractivity contribution in [3.63, 3.8) is 0 Å². The first-order chi connectivity index (χ1) is 16.8. The molecule has 0 bridgehead atoms. The van der Waals surface area contributed by atoms with Crippen LogP contribution in [0.1, 0.15) is 47.2 Å². The number of hydrogen-bond donors (Lipinski definition) is 0. The summed E-state index contributed by atoms with van der Waals surface area (Å²) in [5.41, 5.74) is 14.0. The van der Waals surface area contributed by atoms with Crippen molar-refractivity contribution in [1.29, 1.82) is 0 Å². The van der Waals surface area contributed by atoms with Gasteiger partial charge in [0.05, 0.1) is 0 Å². The second kappa shape index (κ2) is 10.9. The van der Waals surface area contributed by atoms with Crippen molar-refractivity contribution in [3.05, 3.63) is 118 Å². The number of hydrogen-bond acceptors (Lipinski definition) is 0. The molecule has 0 fully saturated rings. The summed E-state index contributed by atoms with van der Waals surface area (Å²) in [6, 6.07) is 28.8. The summed E-state index contributed by atoms with van der Waals surface area (Å²) in [5.74, 6) is 0. The van der Waals surface area contributed by atoms with Gasteiger partial charge in [-0.3, -0.25) is 0 Å². The van der Waals surface area contributed by atoms with E-state index in [2.05, 4.69) is 113 Å². The molecular formula is C31H30Cl2NTi-. The number of aryl methyl sites for hydroxylation is 3. The molecule has 0 N–H and O–H groups in total. The molecule has 0 saturated carbocycles. The molecule has 1 aliphatic rings. The van der Waals surface area contributed by atoms with Crippen LogP contribution in [0.2, 0.25) is 0 Å². The van der Waals surface area contributed by atoms with E-state index in [4.69, 9.17) is 23.9 Å². The van der Waals surface area contributed by atoms with Crippen molar-refractivity contribution >= 4 is 24.3 Å². The molecule has 0 radical (unpaired) electrons. The van der Waals surface area contributed by atoms with Crippen LogP contribution in [0.15, 0.2) is 78.9 Å². The normalized spacial score (nSPS) is 11.7. The Morgan fingerprint density at radius 3 is 1.89 bits per heavy atom. The molecule has 4 aromatic carbocycles. The van der Waals surface area contributed by atoms with Gasteiger partial charge in [0.2, 0.25) is 0 Å². The van der Waals surface area contributed by atoms with E-state index in [1.807, 2.05) is 0 Å². The van der Waals surface area contributed by atoms with Crippen LogP contribution in [0, 0.1) is 20.8 Å². The second-order valence-corrected chi connectivity index (χ2v) is 12.3. The molecule has 0 unspecified atom stereocenters. The summed E-state index contributed by atoms with van der Waals surface area (Å²) in [5, 5.41) is 5.32. The Morgan fingerprint density at radius 1 is 0.714 bits per heavy atom. The summed E-state index contributed by atoms with van der Waals surface area (Å²) >= 11 is -0.556. The minimum atomic E-state index is -0.556. The van der Waals surface area contributed by atoms with Gasteiger partial charge in [0.25, 0.3) is 0 Å². The summed E-state index contributed by atoms with van der Waals surface area (Å²) in [4.78, 5) is 0. The van der Waals surface area contributed by atoms with Crippen molar-refractivity contribution in [2.24, 2.45) is 0 Å². The third kappa shape index (κ3) is 5.39. The van der Waals surface area contributed by atoms with Crippen molar-refractivity contribution in [2.45, 2.75) is 46.6 Å². The van der Waals surface area contributed by atoms with Crippen LogP contribution in [0.4, 0.5) is 5.69 Å². The molecule has 0 saturated heterocycles. The third-order valence-electron chi connectivity index (χ3n) is 6.75. The fourth-order valence-corrected chi connectivity index (χ4v) is 5.35. The Labute approximate surface area is 226 Å². The molecule has 0 atom stereocenters. The van der Waals surface area contributed by atoms with Gasteiger partial charge in [-0.1, -0.05) is 121 Å². The second-order valence-electron chi connectivity index (χ2n) is 9.70. The zero-order valence-corrected chi connectivity index (χ0v) is 24.0. The fraction of sp³-hybridized carbons (Fsp3) is 0.226. The zero-order chi connectivity index (χ0) is 25.2. The average molecular weight is 535 g/mol. The first kappa shape index (κ1) is 26.0. The first-order valence-electron chi connectivity index (χ1n) is 11.8. The number of rotatable bonds is 4. The number of halogens is 2. The first-order valence-corrected chi connectivity index (χ1v) is 16.1. The molecule has 0 heterocycles. The number of benzene rings is 4. The minimum absolute atomic E-state index is 0.352. The van der Waals surface area contributed by atoms with Gasteiger partial charge in [-0.2, -0.15) is 0 Å². The van der Waals surface area contributed by atoms with E-state index in [1.54, 1.807) is 0 Å². The summed E-state index contributed by atoms with van der Waals surface area (Å²) < 4.78 is 0. The molecule has 0 aliphatic heterocycles. The van der Waals surface area contributed by atoms with Crippen molar-refractivity contribution in [3.8, 4) is 22.3 Å². The molecule has 4 aromatic rings. The predicted molar refractivity (Wildman–Crippen MR) is 149 cm³/mol. The van der Waals surface area contributed by atoms with Gasteiger partial charge in [0.1, 0.15) is 0 Å². The average Bonchev–Trinajstić information content (AvgIpc) is 3.21. The molecule has 0 aromatic heterocycles. The van der Waals surface area contributed by atoms with Crippen LogP contribution < -0.4 is 0 Å². The Morgan fingerprint density at radius 2 is 1.23 bits per heavy atom. The summed E-state index contributed by atoms with van der Waals surface area (Å²) in [7, 11) is 9.78. The van der Waals surface area contributed by atoms with Crippen LogP contribution in [-0.2, 0) is 29.0 Å². The zero-order valence-electron chi connectivity index (χ0n) is 20.9. The van der Waals surface area contributed by atoms with Crippen molar-refractivity contribution in [2.75, 3.05) is 0 Å². The van der Waals surface area contributed by atoms with Gasteiger partial charge < -0.3 is 5.32 Å². The van der Waals surface area contributed by atoms with Crippen LogP contribution in [0.25, 0.3) is 27.6 Å². The molecule has 0 amide bonds. The maximum absolute atomic E-state index is 5.32. The molecule has 4 heteroatoms. The SMILES string of the molecule is Cc1cc(C)c([N-]C(C)(C)c2ccccc2-c2cccc3c2Cc2ccccc2-3)c(C)c1.[Cl][Ti][Cl]. The Bertz CT molecular complexity index is 1340. The van der Waals surface area contributed by atoms with E-state index in [9.17, 15) is 0 Å². The van der Waals surface area contributed by atoms with Gasteiger partial charge in [-0.05, 0) is 60.6 Å². The number of nitrogens with zero attached hydrogens (tertiary/aromatic N) is 1. The van der Waals surface area contributed by atoms with Crippen molar-refractivity contribution < 1.29 is 17.0 Å². The van der Waals surface area contributed by atoms with Crippen LogP contribution in [0.3, 0.4) is 0 Å². The van der Waals surface area contributed by atoms with Gasteiger partial charge in [-0.25, -0.2) is 0 Å². The Hall–Kier alpha value is -2.03. The van der Waals surface area contributed by atoms with E-state index >= 15 is 0 Å². The van der Waals surface area contributed by atoms with E-state index in [0.29, 0.717) is 0 Å². The molecule has 178 valence electrons. The van der Waals surface area contributed by atoms with E-state index in [-0.39, 0.29) is 5.54 Å².